The highest BCUT2D eigenvalue weighted by molar-refractivity contribution is 7.89. The zero-order valence-electron chi connectivity index (χ0n) is 13.4. The molecule has 0 bridgehead atoms. The molecule has 6 nitrogen and oxygen atoms in total. The number of benzene rings is 1. The Balaban J connectivity index is 0.00000312. The van der Waals surface area contributed by atoms with E-state index in [0.717, 1.165) is 19.2 Å². The van der Waals surface area contributed by atoms with Crippen molar-refractivity contribution in [2.75, 3.05) is 39.8 Å². The normalized spacial score (nSPS) is 15.8. The molecule has 1 amide bonds. The number of rotatable bonds is 4. The number of carbonyl (C=O) groups excluding carboxylic acids is 1. The van der Waals surface area contributed by atoms with Gasteiger partial charge in [-0.15, -0.1) is 12.4 Å². The van der Waals surface area contributed by atoms with Gasteiger partial charge in [-0.2, -0.15) is 17.5 Å². The van der Waals surface area contributed by atoms with Crippen LogP contribution >= 0.6 is 12.4 Å². The Kier molecular flexibility index (Phi) is 7.24. The van der Waals surface area contributed by atoms with Crippen LogP contribution < -0.4 is 5.32 Å². The molecule has 0 aliphatic carbocycles. The van der Waals surface area contributed by atoms with Gasteiger partial charge in [-0.05, 0) is 12.1 Å². The molecular weight excluding hydrogens is 383 g/mol. The van der Waals surface area contributed by atoms with Crippen LogP contribution in [-0.4, -0.2) is 63.3 Å². The van der Waals surface area contributed by atoms with Crippen LogP contribution in [0, 0.1) is 0 Å². The number of alkyl halides is 3. The Morgan fingerprint density at radius 1 is 1.24 bits per heavy atom. The molecule has 0 spiro atoms. The van der Waals surface area contributed by atoms with Crippen LogP contribution in [0.25, 0.3) is 0 Å². The van der Waals surface area contributed by atoms with Gasteiger partial charge in [0.05, 0.1) is 17.0 Å². The molecule has 0 aromatic heterocycles. The highest BCUT2D eigenvalue weighted by Gasteiger charge is 2.38. The Morgan fingerprint density at radius 3 is 2.36 bits per heavy atom. The summed E-state index contributed by atoms with van der Waals surface area (Å²) in [6.07, 6.45) is -4.80. The fraction of sp³-hybridized carbons (Fsp3) is 0.500. The number of hydrogen-bond donors (Lipinski definition) is 1. The van der Waals surface area contributed by atoms with Gasteiger partial charge >= 0.3 is 6.18 Å². The lowest BCUT2D eigenvalue weighted by Gasteiger charge is -2.29. The maximum absolute atomic E-state index is 13.0. The number of carbonyl (C=O) groups is 1. The number of hydrogen-bond acceptors (Lipinski definition) is 4. The minimum Gasteiger partial charge on any atom is -0.339 e. The molecule has 0 saturated carbocycles. The van der Waals surface area contributed by atoms with E-state index in [-0.39, 0.29) is 12.4 Å². The van der Waals surface area contributed by atoms with E-state index in [1.165, 1.54) is 11.0 Å². The molecule has 1 aromatic rings. The highest BCUT2D eigenvalue weighted by Crippen LogP contribution is 2.34. The van der Waals surface area contributed by atoms with Crippen LogP contribution in [0.2, 0.25) is 0 Å². The molecule has 25 heavy (non-hydrogen) atoms. The van der Waals surface area contributed by atoms with Crippen LogP contribution in [0.4, 0.5) is 13.2 Å². The van der Waals surface area contributed by atoms with E-state index in [4.69, 9.17) is 0 Å². The first-order chi connectivity index (χ1) is 11.1. The van der Waals surface area contributed by atoms with E-state index in [2.05, 4.69) is 5.32 Å². The third-order valence-electron chi connectivity index (χ3n) is 3.71. The smallest absolute Gasteiger partial charge is 0.339 e. The predicted molar refractivity (Wildman–Crippen MR) is 88.0 cm³/mol. The zero-order valence-corrected chi connectivity index (χ0v) is 15.0. The summed E-state index contributed by atoms with van der Waals surface area (Å²) < 4.78 is 64.7. The molecule has 1 fully saturated rings. The Morgan fingerprint density at radius 2 is 1.80 bits per heavy atom. The molecule has 142 valence electrons. The van der Waals surface area contributed by atoms with Crippen LogP contribution in [0.3, 0.4) is 0 Å². The molecule has 11 heteroatoms. The van der Waals surface area contributed by atoms with Gasteiger partial charge in [-0.3, -0.25) is 4.79 Å². The molecule has 0 unspecified atom stereocenters. The molecule has 1 aliphatic rings. The molecule has 2 rings (SSSR count). The highest BCUT2D eigenvalue weighted by atomic mass is 35.5. The van der Waals surface area contributed by atoms with E-state index in [9.17, 15) is 26.4 Å². The standard InChI is InChI=1S/C14H18F3N3O3S.ClH/c1-19(10-13(21)20-8-6-18-7-9-20)24(22,23)12-5-3-2-4-11(12)14(15,16)17;/h2-5,18H,6-10H2,1H3;1H. The van der Waals surface area contributed by atoms with E-state index in [1.54, 1.807) is 0 Å². The first-order valence-electron chi connectivity index (χ1n) is 7.25. The van der Waals surface area contributed by atoms with Crippen molar-refractivity contribution >= 4 is 28.3 Å². The van der Waals surface area contributed by atoms with E-state index in [0.29, 0.717) is 36.6 Å². The Hall–Kier alpha value is -1.36. The second-order valence-corrected chi connectivity index (χ2v) is 7.40. The van der Waals surface area contributed by atoms with Gasteiger partial charge in [0, 0.05) is 33.2 Å². The van der Waals surface area contributed by atoms with Crippen LogP contribution in [-0.2, 0) is 21.0 Å². The average molecular weight is 402 g/mol. The number of nitrogens with zero attached hydrogens (tertiary/aromatic N) is 2. The quantitative estimate of drug-likeness (QED) is 0.822. The van der Waals surface area contributed by atoms with Crippen LogP contribution in [0.1, 0.15) is 5.56 Å². The van der Waals surface area contributed by atoms with Gasteiger partial charge in [0.15, 0.2) is 0 Å². The minimum atomic E-state index is -4.80. The average Bonchev–Trinajstić information content (AvgIpc) is 2.54. The van der Waals surface area contributed by atoms with Crippen molar-refractivity contribution in [3.05, 3.63) is 29.8 Å². The second-order valence-electron chi connectivity index (χ2n) is 5.39. The predicted octanol–water partition coefficient (Wildman–Crippen LogP) is 1.18. The summed E-state index contributed by atoms with van der Waals surface area (Å²) in [5, 5.41) is 3.05. The lowest BCUT2D eigenvalue weighted by atomic mass is 10.2. The minimum absolute atomic E-state index is 0. The maximum atomic E-state index is 13.0. The fourth-order valence-electron chi connectivity index (χ4n) is 2.38. The summed E-state index contributed by atoms with van der Waals surface area (Å²) in [6, 6.07) is 3.94. The molecule has 1 aromatic carbocycles. The second kappa shape index (κ2) is 8.35. The summed E-state index contributed by atoms with van der Waals surface area (Å²) in [5.74, 6) is -0.438. The summed E-state index contributed by atoms with van der Waals surface area (Å²) in [5.41, 5.74) is -1.24. The van der Waals surface area contributed by atoms with Gasteiger partial charge in [-0.25, -0.2) is 8.42 Å². The molecule has 0 radical (unpaired) electrons. The van der Waals surface area contributed by atoms with Crippen molar-refractivity contribution in [1.82, 2.24) is 14.5 Å². The van der Waals surface area contributed by atoms with Gasteiger partial charge in [0.1, 0.15) is 0 Å². The number of amides is 1. The molecule has 1 N–H and O–H groups in total. The SMILES string of the molecule is CN(CC(=O)N1CCNCC1)S(=O)(=O)c1ccccc1C(F)(F)F.Cl. The molecule has 0 atom stereocenters. The molecule has 1 aliphatic heterocycles. The van der Waals surface area contributed by atoms with E-state index < -0.39 is 39.1 Å². The number of likely N-dealkylation sites (N-methyl/N-ethyl adjacent to an activating group) is 1. The van der Waals surface area contributed by atoms with Gasteiger partial charge in [0.25, 0.3) is 0 Å². The maximum Gasteiger partial charge on any atom is 0.417 e. The monoisotopic (exact) mass is 401 g/mol. The van der Waals surface area contributed by atoms with Crippen molar-refractivity contribution in [3.8, 4) is 0 Å². The Labute approximate surface area is 150 Å². The summed E-state index contributed by atoms with van der Waals surface area (Å²) >= 11 is 0. The number of halogens is 4. The summed E-state index contributed by atoms with van der Waals surface area (Å²) in [7, 11) is -3.34. The molecule has 1 heterocycles. The molecule has 1 saturated heterocycles. The summed E-state index contributed by atoms with van der Waals surface area (Å²) in [6.45, 7) is 1.56. The van der Waals surface area contributed by atoms with Crippen molar-refractivity contribution in [2.45, 2.75) is 11.1 Å². The topological polar surface area (TPSA) is 69.7 Å². The van der Waals surface area contributed by atoms with E-state index in [1.807, 2.05) is 0 Å². The third kappa shape index (κ3) is 5.06. The van der Waals surface area contributed by atoms with Crippen molar-refractivity contribution in [1.29, 1.82) is 0 Å². The van der Waals surface area contributed by atoms with Gasteiger partial charge < -0.3 is 10.2 Å². The van der Waals surface area contributed by atoms with Crippen LogP contribution in [0.5, 0.6) is 0 Å². The van der Waals surface area contributed by atoms with Crippen molar-refractivity contribution < 1.29 is 26.4 Å². The number of piperazine rings is 1. The first kappa shape index (κ1) is 21.7. The van der Waals surface area contributed by atoms with E-state index >= 15 is 0 Å². The number of nitrogens with one attached hydrogen (secondary N) is 1. The third-order valence-corrected chi connectivity index (χ3v) is 5.57. The lowest BCUT2D eigenvalue weighted by molar-refractivity contribution is -0.139. The van der Waals surface area contributed by atoms with Crippen molar-refractivity contribution in [3.63, 3.8) is 0 Å². The van der Waals surface area contributed by atoms with Gasteiger partial charge in [0.2, 0.25) is 15.9 Å². The zero-order chi connectivity index (χ0) is 18.0. The fourth-order valence-corrected chi connectivity index (χ4v) is 3.71. The van der Waals surface area contributed by atoms with Crippen molar-refractivity contribution in [2.24, 2.45) is 0 Å². The first-order valence-corrected chi connectivity index (χ1v) is 8.69. The van der Waals surface area contributed by atoms with Crippen LogP contribution in [0.15, 0.2) is 29.2 Å². The van der Waals surface area contributed by atoms with Gasteiger partial charge in [-0.1, -0.05) is 12.1 Å². The molecular formula is C14H19ClF3N3O3S. The number of sulfonamides is 1. The summed E-state index contributed by atoms with van der Waals surface area (Å²) in [4.78, 5) is 12.8. The lowest BCUT2D eigenvalue weighted by Crippen LogP contribution is -2.49. The largest absolute Gasteiger partial charge is 0.417 e. The Bertz CT molecular complexity index is 707.